The van der Waals surface area contributed by atoms with Crippen LogP contribution in [0.3, 0.4) is 0 Å². The van der Waals surface area contributed by atoms with E-state index >= 15 is 0 Å². The number of benzene rings is 2. The van der Waals surface area contributed by atoms with E-state index in [0.29, 0.717) is 10.8 Å². The fraction of sp³-hybridized carbons (Fsp3) is 0.480. The second-order valence-corrected chi connectivity index (χ2v) is 9.39. The average Bonchev–Trinajstić information content (AvgIpc) is 2.93. The zero-order valence-electron chi connectivity index (χ0n) is 20.2. The molecule has 2 aliphatic heterocycles. The van der Waals surface area contributed by atoms with Gasteiger partial charge in [-0.2, -0.15) is 0 Å². The number of hydrogen-bond acceptors (Lipinski definition) is 14. The quantitative estimate of drug-likeness (QED) is 0.115. The van der Waals surface area contributed by atoms with Crippen LogP contribution in [0.15, 0.2) is 45.6 Å². The summed E-state index contributed by atoms with van der Waals surface area (Å²) in [5.41, 5.74) is -0.626. The minimum Gasteiger partial charge on any atom is -0.462 e. The Morgan fingerprint density at radius 2 is 1.10 bits per heavy atom. The highest BCUT2D eigenvalue weighted by Gasteiger charge is 2.45. The van der Waals surface area contributed by atoms with Crippen LogP contribution in [-0.2, 0) is 9.47 Å². The molecule has 2 fully saturated rings. The number of rotatable bonds is 6. The molecule has 0 bridgehead atoms. The van der Waals surface area contributed by atoms with E-state index in [-0.39, 0.29) is 22.5 Å². The molecule has 0 amide bonds. The molecule has 0 spiro atoms. The molecule has 3 heterocycles. The Hall–Kier alpha value is -2.89. The molecule has 2 aliphatic rings. The lowest BCUT2D eigenvalue weighted by atomic mass is 9.99. The molecule has 212 valence electrons. The maximum Gasteiger partial charge on any atom is 0.344 e. The molecule has 0 radical (unpaired) electrons. The van der Waals surface area contributed by atoms with Crippen LogP contribution in [0.2, 0.25) is 0 Å². The largest absolute Gasteiger partial charge is 0.462 e. The average molecular weight is 552 g/mol. The summed E-state index contributed by atoms with van der Waals surface area (Å²) in [6.45, 7) is -1.24. The highest BCUT2D eigenvalue weighted by molar-refractivity contribution is 6.04. The summed E-state index contributed by atoms with van der Waals surface area (Å²) in [4.78, 5) is 12.8. The Labute approximate surface area is 219 Å². The Bertz CT molecular complexity index is 1370. The third-order valence-electron chi connectivity index (χ3n) is 6.86. The lowest BCUT2D eigenvalue weighted by Crippen LogP contribution is -2.60. The van der Waals surface area contributed by atoms with Crippen LogP contribution >= 0.6 is 0 Å². The molecule has 3 aromatic rings. The molecule has 0 aliphatic carbocycles. The Morgan fingerprint density at radius 1 is 0.615 bits per heavy atom. The van der Waals surface area contributed by atoms with Crippen molar-refractivity contribution < 1.29 is 64.2 Å². The second kappa shape index (κ2) is 10.9. The van der Waals surface area contributed by atoms with E-state index in [1.807, 2.05) is 0 Å². The van der Waals surface area contributed by atoms with Gasteiger partial charge in [-0.25, -0.2) is 4.79 Å². The van der Waals surface area contributed by atoms with Crippen LogP contribution < -0.4 is 15.1 Å². The first-order valence-corrected chi connectivity index (χ1v) is 12.1. The van der Waals surface area contributed by atoms with Gasteiger partial charge >= 0.3 is 5.63 Å². The smallest absolute Gasteiger partial charge is 0.344 e. The monoisotopic (exact) mass is 552 g/mol. The number of aliphatic hydroxyl groups is 8. The zero-order chi connectivity index (χ0) is 28.0. The minimum atomic E-state index is -1.63. The van der Waals surface area contributed by atoms with Crippen LogP contribution in [0.25, 0.3) is 21.7 Å². The van der Waals surface area contributed by atoms with Crippen molar-refractivity contribution in [1.29, 1.82) is 0 Å². The summed E-state index contributed by atoms with van der Waals surface area (Å²) in [5, 5.41) is 80.0. The molecule has 8 N–H and O–H groups in total. The minimum absolute atomic E-state index is 0.0843. The van der Waals surface area contributed by atoms with E-state index in [9.17, 15) is 45.6 Å². The van der Waals surface area contributed by atoms with Gasteiger partial charge in [0.25, 0.3) is 0 Å². The molecule has 10 unspecified atom stereocenters. The molecule has 39 heavy (non-hydrogen) atoms. The van der Waals surface area contributed by atoms with Gasteiger partial charge in [-0.1, -0.05) is 0 Å². The summed E-state index contributed by atoms with van der Waals surface area (Å²) in [7, 11) is 0. The number of ether oxygens (including phenoxy) is 4. The molecule has 2 aromatic carbocycles. The highest BCUT2D eigenvalue weighted by atomic mass is 16.7. The molecule has 2 saturated heterocycles. The van der Waals surface area contributed by atoms with Crippen LogP contribution in [0, 0.1) is 0 Å². The number of aliphatic hydroxyl groups excluding tert-OH is 8. The summed E-state index contributed by atoms with van der Waals surface area (Å²) in [6, 6.07) is 8.85. The van der Waals surface area contributed by atoms with Crippen molar-refractivity contribution >= 4 is 21.7 Å². The van der Waals surface area contributed by atoms with E-state index < -0.39 is 80.3 Å². The van der Waals surface area contributed by atoms with Crippen molar-refractivity contribution in [2.24, 2.45) is 0 Å². The topological polar surface area (TPSA) is 229 Å². The third-order valence-corrected chi connectivity index (χ3v) is 6.86. The van der Waals surface area contributed by atoms with E-state index in [1.54, 1.807) is 12.1 Å². The van der Waals surface area contributed by atoms with Gasteiger partial charge in [0.1, 0.15) is 65.9 Å². The van der Waals surface area contributed by atoms with Gasteiger partial charge in [-0.3, -0.25) is 0 Å². The Morgan fingerprint density at radius 3 is 1.62 bits per heavy atom. The van der Waals surface area contributed by atoms with Gasteiger partial charge in [0, 0.05) is 16.8 Å². The summed E-state index contributed by atoms with van der Waals surface area (Å²) in [6.07, 6.45) is -14.8. The SMILES string of the molecule is O=c1oc2cc(OC3OC(CO)C(O)C(O)C3O)ccc2c2ccc(OC3OC(CO)C(O)C(O)C3O)cc12. The van der Waals surface area contributed by atoms with Crippen molar-refractivity contribution in [2.75, 3.05) is 13.2 Å². The second-order valence-electron chi connectivity index (χ2n) is 9.39. The lowest BCUT2D eigenvalue weighted by molar-refractivity contribution is -0.277. The van der Waals surface area contributed by atoms with Crippen LogP contribution in [-0.4, -0.2) is 115 Å². The van der Waals surface area contributed by atoms with Crippen LogP contribution in [0.5, 0.6) is 11.5 Å². The van der Waals surface area contributed by atoms with Gasteiger partial charge in [0.2, 0.25) is 12.6 Å². The third kappa shape index (κ3) is 5.07. The predicted molar refractivity (Wildman–Crippen MR) is 129 cm³/mol. The maximum atomic E-state index is 12.8. The van der Waals surface area contributed by atoms with Crippen molar-refractivity contribution in [3.8, 4) is 11.5 Å². The molecule has 0 saturated carbocycles. The molecule has 1 aromatic heterocycles. The van der Waals surface area contributed by atoms with Gasteiger partial charge in [0.15, 0.2) is 0 Å². The molecule has 5 rings (SSSR count). The first-order chi connectivity index (χ1) is 18.6. The molecular formula is C25H28O14. The van der Waals surface area contributed by atoms with Crippen molar-refractivity contribution in [2.45, 2.75) is 61.4 Å². The standard InChI is InChI=1S/C25H28O14/c26-7-15-17(28)19(30)21(32)24(38-15)35-9-1-3-11-12-4-2-10(6-14(12)37-23(34)13(11)5-9)36-25-22(33)20(31)18(29)16(8-27)39-25/h1-6,15-22,24-33H,7-8H2. The number of fused-ring (bicyclic) bond motifs is 3. The van der Waals surface area contributed by atoms with E-state index in [4.69, 9.17) is 23.4 Å². The Kier molecular flexibility index (Phi) is 7.76. The van der Waals surface area contributed by atoms with E-state index in [0.717, 1.165) is 0 Å². The van der Waals surface area contributed by atoms with E-state index in [2.05, 4.69) is 0 Å². The Balaban J connectivity index is 1.40. The lowest BCUT2D eigenvalue weighted by Gasteiger charge is -2.39. The van der Waals surface area contributed by atoms with Gasteiger partial charge in [0.05, 0.1) is 18.6 Å². The maximum absolute atomic E-state index is 12.8. The highest BCUT2D eigenvalue weighted by Crippen LogP contribution is 2.32. The van der Waals surface area contributed by atoms with Crippen LogP contribution in [0.4, 0.5) is 0 Å². The first-order valence-electron chi connectivity index (χ1n) is 12.1. The van der Waals surface area contributed by atoms with Crippen molar-refractivity contribution in [3.63, 3.8) is 0 Å². The zero-order valence-corrected chi connectivity index (χ0v) is 20.2. The number of hydrogen-bond donors (Lipinski definition) is 8. The normalized spacial score (nSPS) is 35.3. The van der Waals surface area contributed by atoms with Gasteiger partial charge in [-0.05, 0) is 30.3 Å². The fourth-order valence-corrected chi connectivity index (χ4v) is 4.64. The molecule has 14 nitrogen and oxygen atoms in total. The van der Waals surface area contributed by atoms with Crippen molar-refractivity contribution in [3.05, 3.63) is 46.8 Å². The summed E-state index contributed by atoms with van der Waals surface area (Å²) >= 11 is 0. The first kappa shape index (κ1) is 27.7. The fourth-order valence-electron chi connectivity index (χ4n) is 4.64. The van der Waals surface area contributed by atoms with Gasteiger partial charge < -0.3 is 64.2 Å². The molecular weight excluding hydrogens is 524 g/mol. The molecule has 14 heteroatoms. The summed E-state index contributed by atoms with van der Waals surface area (Å²) < 4.78 is 27.3. The summed E-state index contributed by atoms with van der Waals surface area (Å²) in [5.74, 6) is 0.193. The molecule has 10 atom stereocenters. The predicted octanol–water partition coefficient (Wildman–Crippen LogP) is -2.70. The van der Waals surface area contributed by atoms with Gasteiger partial charge in [-0.15, -0.1) is 0 Å². The van der Waals surface area contributed by atoms with E-state index in [1.165, 1.54) is 24.3 Å². The van der Waals surface area contributed by atoms with Crippen molar-refractivity contribution in [1.82, 2.24) is 0 Å². The van der Waals surface area contributed by atoms with Crippen LogP contribution in [0.1, 0.15) is 0 Å².